The Bertz CT molecular complexity index is 796. The number of nitriles is 1. The van der Waals surface area contributed by atoms with Gasteiger partial charge < -0.3 is 4.74 Å². The number of hydrogen-bond acceptors (Lipinski definition) is 4. The van der Waals surface area contributed by atoms with E-state index in [0.29, 0.717) is 17.9 Å². The van der Waals surface area contributed by atoms with E-state index in [-0.39, 0.29) is 5.56 Å². The van der Waals surface area contributed by atoms with Crippen molar-refractivity contribution in [2.24, 2.45) is 5.10 Å². The molecule has 0 aliphatic rings. The second-order valence-corrected chi connectivity index (χ2v) is 4.82. The molecule has 0 spiro atoms. The summed E-state index contributed by atoms with van der Waals surface area (Å²) in [5.74, 6) is 0.787. The van der Waals surface area contributed by atoms with Crippen LogP contribution >= 0.6 is 0 Å². The van der Waals surface area contributed by atoms with Crippen LogP contribution in [0.3, 0.4) is 0 Å². The third-order valence-corrected chi connectivity index (χ3v) is 3.19. The number of rotatable bonds is 4. The lowest BCUT2D eigenvalue weighted by molar-refractivity contribution is 0.340. The number of aryl methyl sites for hydroxylation is 2. The van der Waals surface area contributed by atoms with Gasteiger partial charge in [0.05, 0.1) is 12.8 Å². The first kappa shape index (κ1) is 15.5. The molecule has 0 bridgehead atoms. The minimum atomic E-state index is -0.401. The van der Waals surface area contributed by atoms with Crippen LogP contribution in [0.1, 0.15) is 29.3 Å². The highest BCUT2D eigenvalue weighted by Gasteiger charge is 2.08. The molecule has 1 aromatic heterocycles. The molecule has 1 heterocycles. The Kier molecular flexibility index (Phi) is 4.74. The van der Waals surface area contributed by atoms with E-state index in [4.69, 9.17) is 10.00 Å². The molecule has 0 aliphatic heterocycles. The zero-order chi connectivity index (χ0) is 16.1. The van der Waals surface area contributed by atoms with Gasteiger partial charge in [-0.1, -0.05) is 0 Å². The second kappa shape index (κ2) is 6.72. The van der Waals surface area contributed by atoms with Crippen LogP contribution in [-0.4, -0.2) is 17.5 Å². The van der Waals surface area contributed by atoms with Crippen LogP contribution < -0.4 is 10.3 Å². The summed E-state index contributed by atoms with van der Waals surface area (Å²) >= 11 is 0. The summed E-state index contributed by atoms with van der Waals surface area (Å²) < 4.78 is 6.61. The van der Waals surface area contributed by atoms with Gasteiger partial charge in [-0.25, -0.2) is 4.68 Å². The summed E-state index contributed by atoms with van der Waals surface area (Å²) in [6.45, 7) is 6.07. The van der Waals surface area contributed by atoms with Gasteiger partial charge >= 0.3 is 0 Å². The Morgan fingerprint density at radius 1 is 1.32 bits per heavy atom. The van der Waals surface area contributed by atoms with Crippen LogP contribution in [0.25, 0.3) is 0 Å². The molecule has 0 atom stereocenters. The Labute approximate surface area is 129 Å². The van der Waals surface area contributed by atoms with Gasteiger partial charge in [-0.05, 0) is 62.2 Å². The van der Waals surface area contributed by atoms with Crippen molar-refractivity contribution in [2.45, 2.75) is 20.8 Å². The molecule has 0 unspecified atom stereocenters. The van der Waals surface area contributed by atoms with Crippen molar-refractivity contribution in [3.63, 3.8) is 0 Å². The molecule has 5 heteroatoms. The van der Waals surface area contributed by atoms with Gasteiger partial charge in [0.25, 0.3) is 5.56 Å². The molecule has 0 N–H and O–H groups in total. The number of pyridine rings is 1. The maximum atomic E-state index is 12.2. The molecule has 112 valence electrons. The van der Waals surface area contributed by atoms with Crippen molar-refractivity contribution < 1.29 is 4.74 Å². The molecule has 2 rings (SSSR count). The molecule has 0 radical (unpaired) electrons. The first-order valence-electron chi connectivity index (χ1n) is 6.97. The van der Waals surface area contributed by atoms with E-state index in [9.17, 15) is 4.79 Å². The summed E-state index contributed by atoms with van der Waals surface area (Å²) in [7, 11) is 0. The summed E-state index contributed by atoms with van der Waals surface area (Å²) in [5.41, 5.74) is 1.91. The first-order chi connectivity index (χ1) is 10.6. The van der Waals surface area contributed by atoms with Crippen molar-refractivity contribution in [1.29, 1.82) is 5.26 Å². The van der Waals surface area contributed by atoms with Gasteiger partial charge in [0.1, 0.15) is 17.4 Å². The molecule has 0 saturated carbocycles. The molecule has 5 nitrogen and oxygen atoms in total. The summed E-state index contributed by atoms with van der Waals surface area (Å²) in [6, 6.07) is 11.1. The Morgan fingerprint density at radius 2 is 2.00 bits per heavy atom. The fourth-order valence-electron chi connectivity index (χ4n) is 2.10. The van der Waals surface area contributed by atoms with Crippen LogP contribution in [0.4, 0.5) is 0 Å². The van der Waals surface area contributed by atoms with Crippen molar-refractivity contribution in [2.75, 3.05) is 6.61 Å². The van der Waals surface area contributed by atoms with Gasteiger partial charge in [-0.15, -0.1) is 0 Å². The maximum Gasteiger partial charge on any atom is 0.289 e. The lowest BCUT2D eigenvalue weighted by Crippen LogP contribution is -2.22. The molecule has 22 heavy (non-hydrogen) atoms. The third-order valence-electron chi connectivity index (χ3n) is 3.19. The second-order valence-electron chi connectivity index (χ2n) is 4.82. The van der Waals surface area contributed by atoms with E-state index < -0.39 is 5.56 Å². The average molecular weight is 295 g/mol. The predicted molar refractivity (Wildman–Crippen MR) is 85.5 cm³/mol. The van der Waals surface area contributed by atoms with Crippen LogP contribution in [0.2, 0.25) is 0 Å². The average Bonchev–Trinajstić information content (AvgIpc) is 2.49. The Balaban J connectivity index is 2.34. The number of nitrogens with zero attached hydrogens (tertiary/aromatic N) is 3. The zero-order valence-electron chi connectivity index (χ0n) is 12.8. The van der Waals surface area contributed by atoms with E-state index >= 15 is 0 Å². The van der Waals surface area contributed by atoms with Crippen LogP contribution in [-0.2, 0) is 0 Å². The van der Waals surface area contributed by atoms with E-state index in [0.717, 1.165) is 11.3 Å². The SMILES string of the molecule is CCOc1ccc(C=Nn2c(C)cc(C)c(C#N)c2=O)cc1. The fraction of sp³-hybridized carbons (Fsp3) is 0.235. The first-order valence-corrected chi connectivity index (χ1v) is 6.97. The van der Waals surface area contributed by atoms with Crippen molar-refractivity contribution in [3.05, 3.63) is 63.1 Å². The van der Waals surface area contributed by atoms with Gasteiger partial charge in [0.2, 0.25) is 0 Å². The van der Waals surface area contributed by atoms with E-state index in [2.05, 4.69) is 5.10 Å². The fourth-order valence-corrected chi connectivity index (χ4v) is 2.10. The van der Waals surface area contributed by atoms with Crippen molar-refractivity contribution in [1.82, 2.24) is 4.68 Å². The lowest BCUT2D eigenvalue weighted by Gasteiger charge is -2.06. The van der Waals surface area contributed by atoms with Gasteiger partial charge in [-0.2, -0.15) is 10.4 Å². The molecular weight excluding hydrogens is 278 g/mol. The Hall–Kier alpha value is -2.87. The number of aromatic nitrogens is 1. The van der Waals surface area contributed by atoms with Crippen LogP contribution in [0.15, 0.2) is 40.2 Å². The number of ether oxygens (including phenoxy) is 1. The minimum Gasteiger partial charge on any atom is -0.494 e. The molecule has 0 aliphatic carbocycles. The predicted octanol–water partition coefficient (Wildman–Crippen LogP) is 2.62. The molecule has 0 amide bonds. The largest absolute Gasteiger partial charge is 0.494 e. The normalized spacial score (nSPS) is 10.6. The minimum absolute atomic E-state index is 0.120. The summed E-state index contributed by atoms with van der Waals surface area (Å²) in [6.07, 6.45) is 1.58. The van der Waals surface area contributed by atoms with Crippen molar-refractivity contribution >= 4 is 6.21 Å². The monoisotopic (exact) mass is 295 g/mol. The highest BCUT2D eigenvalue weighted by atomic mass is 16.5. The molecular formula is C17H17N3O2. The maximum absolute atomic E-state index is 12.2. The molecule has 0 fully saturated rings. The van der Waals surface area contributed by atoms with Gasteiger partial charge in [0.15, 0.2) is 0 Å². The van der Waals surface area contributed by atoms with Crippen molar-refractivity contribution in [3.8, 4) is 11.8 Å². The molecule has 0 saturated heterocycles. The van der Waals surface area contributed by atoms with Gasteiger partial charge in [0, 0.05) is 5.69 Å². The van der Waals surface area contributed by atoms with Crippen LogP contribution in [0, 0.1) is 25.2 Å². The highest BCUT2D eigenvalue weighted by molar-refractivity contribution is 5.79. The number of hydrogen-bond donors (Lipinski definition) is 0. The third kappa shape index (κ3) is 3.23. The molecule has 2 aromatic rings. The number of benzene rings is 1. The standard InChI is InChI=1S/C17H17N3O2/c1-4-22-15-7-5-14(6-8-15)11-19-20-13(3)9-12(2)16(10-18)17(20)21/h5-9,11H,4H2,1-3H3. The Morgan fingerprint density at radius 3 is 2.59 bits per heavy atom. The van der Waals surface area contributed by atoms with Gasteiger partial charge in [-0.3, -0.25) is 4.79 Å². The van der Waals surface area contributed by atoms with E-state index in [1.54, 1.807) is 26.1 Å². The van der Waals surface area contributed by atoms with Crippen LogP contribution in [0.5, 0.6) is 5.75 Å². The quantitative estimate of drug-likeness (QED) is 0.814. The topological polar surface area (TPSA) is 67.4 Å². The van der Waals surface area contributed by atoms with E-state index in [1.165, 1.54) is 4.68 Å². The smallest absolute Gasteiger partial charge is 0.289 e. The highest BCUT2D eigenvalue weighted by Crippen LogP contribution is 2.11. The molecule has 1 aromatic carbocycles. The van der Waals surface area contributed by atoms with E-state index in [1.807, 2.05) is 37.3 Å². The summed E-state index contributed by atoms with van der Waals surface area (Å²) in [4.78, 5) is 12.2. The summed E-state index contributed by atoms with van der Waals surface area (Å²) in [5, 5.41) is 13.2. The zero-order valence-corrected chi connectivity index (χ0v) is 12.8. The lowest BCUT2D eigenvalue weighted by atomic mass is 10.1.